The first kappa shape index (κ1) is 15.4. The Morgan fingerprint density at radius 2 is 1.83 bits per heavy atom. The predicted octanol–water partition coefficient (Wildman–Crippen LogP) is 2.92. The normalized spacial score (nSPS) is 10.0. The number of hydrogen-bond acceptors (Lipinski definition) is 6. The van der Waals surface area contributed by atoms with Crippen LogP contribution in [0, 0.1) is 0 Å². The van der Waals surface area contributed by atoms with Gasteiger partial charge in [-0.25, -0.2) is 9.97 Å². The molecule has 0 bridgehead atoms. The van der Waals surface area contributed by atoms with Gasteiger partial charge in [-0.3, -0.25) is 9.78 Å². The molecule has 0 saturated heterocycles. The van der Waals surface area contributed by atoms with Gasteiger partial charge in [0.25, 0.3) is 5.91 Å². The molecule has 0 saturated carbocycles. The van der Waals surface area contributed by atoms with Gasteiger partial charge in [0.05, 0.1) is 25.2 Å². The van der Waals surface area contributed by atoms with E-state index in [-0.39, 0.29) is 11.6 Å². The van der Waals surface area contributed by atoms with Gasteiger partial charge < -0.3 is 14.8 Å². The van der Waals surface area contributed by atoms with Crippen LogP contribution in [0.1, 0.15) is 10.5 Å². The Balaban J connectivity index is 1.68. The summed E-state index contributed by atoms with van der Waals surface area (Å²) in [6.07, 6.45) is 5.85. The highest BCUT2D eigenvalue weighted by Crippen LogP contribution is 2.30. The number of amides is 1. The summed E-state index contributed by atoms with van der Waals surface area (Å²) in [6.45, 7) is 0. The van der Waals surface area contributed by atoms with Crippen molar-refractivity contribution in [2.45, 2.75) is 0 Å². The first-order chi connectivity index (χ1) is 11.8. The molecule has 0 fully saturated rings. The third-order valence-corrected chi connectivity index (χ3v) is 3.07. The summed E-state index contributed by atoms with van der Waals surface area (Å²) < 4.78 is 10.9. The molecule has 0 atom stereocenters. The lowest BCUT2D eigenvalue weighted by molar-refractivity contribution is 0.102. The highest BCUT2D eigenvalue weighted by atomic mass is 16.5. The second-order valence-electron chi connectivity index (χ2n) is 4.68. The standard InChI is InChI=1S/C17H14N4O3/c1-23-14-4-2-3-5-15(14)24-16-7-6-12(10-20-16)21-17(22)13-11-18-8-9-19-13/h2-11H,1H3,(H,21,22). The van der Waals surface area contributed by atoms with Gasteiger partial charge in [0.15, 0.2) is 11.5 Å². The molecular formula is C17H14N4O3. The number of carbonyl (C=O) groups is 1. The topological polar surface area (TPSA) is 86.2 Å². The van der Waals surface area contributed by atoms with Crippen LogP contribution in [0.15, 0.2) is 61.2 Å². The summed E-state index contributed by atoms with van der Waals surface area (Å²) in [6, 6.07) is 10.6. The molecule has 0 aliphatic heterocycles. The van der Waals surface area contributed by atoms with Crippen LogP contribution in [0.4, 0.5) is 5.69 Å². The molecule has 2 aromatic heterocycles. The summed E-state index contributed by atoms with van der Waals surface area (Å²) in [5, 5.41) is 2.69. The summed E-state index contributed by atoms with van der Waals surface area (Å²) in [5.74, 6) is 1.20. The fourth-order valence-corrected chi connectivity index (χ4v) is 1.94. The van der Waals surface area contributed by atoms with Crippen molar-refractivity contribution in [3.63, 3.8) is 0 Å². The number of nitrogens with one attached hydrogen (secondary N) is 1. The SMILES string of the molecule is COc1ccccc1Oc1ccc(NC(=O)c2cnccn2)cn1. The van der Waals surface area contributed by atoms with Gasteiger partial charge in [-0.1, -0.05) is 12.1 Å². The third kappa shape index (κ3) is 3.64. The highest BCUT2D eigenvalue weighted by Gasteiger charge is 2.09. The first-order valence-electron chi connectivity index (χ1n) is 7.10. The molecule has 0 aliphatic rings. The van der Waals surface area contributed by atoms with Crippen molar-refractivity contribution in [1.82, 2.24) is 15.0 Å². The Morgan fingerprint density at radius 3 is 2.50 bits per heavy atom. The Labute approximate surface area is 138 Å². The van der Waals surface area contributed by atoms with Gasteiger partial charge in [-0.15, -0.1) is 0 Å². The Hall–Kier alpha value is -3.48. The van der Waals surface area contributed by atoms with Crippen LogP contribution in [-0.4, -0.2) is 28.0 Å². The van der Waals surface area contributed by atoms with Crippen molar-refractivity contribution in [2.75, 3.05) is 12.4 Å². The lowest BCUT2D eigenvalue weighted by atomic mass is 10.3. The van der Waals surface area contributed by atoms with Gasteiger partial charge in [0, 0.05) is 18.5 Å². The molecule has 120 valence electrons. The van der Waals surface area contributed by atoms with E-state index in [2.05, 4.69) is 20.3 Å². The molecule has 1 amide bonds. The van der Waals surface area contributed by atoms with E-state index in [9.17, 15) is 4.79 Å². The zero-order chi connectivity index (χ0) is 16.8. The van der Waals surface area contributed by atoms with E-state index in [1.165, 1.54) is 24.8 Å². The van der Waals surface area contributed by atoms with Gasteiger partial charge in [0.2, 0.25) is 5.88 Å². The maximum Gasteiger partial charge on any atom is 0.275 e. The average molecular weight is 322 g/mol. The molecule has 0 aliphatic carbocycles. The van der Waals surface area contributed by atoms with Crippen molar-refractivity contribution in [1.29, 1.82) is 0 Å². The van der Waals surface area contributed by atoms with Crippen LogP contribution in [0.25, 0.3) is 0 Å². The van der Waals surface area contributed by atoms with Crippen molar-refractivity contribution in [2.24, 2.45) is 0 Å². The molecule has 0 radical (unpaired) electrons. The molecule has 1 N–H and O–H groups in total. The number of hydrogen-bond donors (Lipinski definition) is 1. The van der Waals surface area contributed by atoms with Crippen molar-refractivity contribution >= 4 is 11.6 Å². The minimum atomic E-state index is -0.358. The van der Waals surface area contributed by atoms with Crippen LogP contribution in [0.3, 0.4) is 0 Å². The summed E-state index contributed by atoms with van der Waals surface area (Å²) in [4.78, 5) is 23.9. The molecule has 3 aromatic rings. The Bertz CT molecular complexity index is 823. The minimum absolute atomic E-state index is 0.229. The van der Waals surface area contributed by atoms with Gasteiger partial charge in [-0.05, 0) is 18.2 Å². The van der Waals surface area contributed by atoms with E-state index in [1.54, 1.807) is 31.4 Å². The highest BCUT2D eigenvalue weighted by molar-refractivity contribution is 6.02. The van der Waals surface area contributed by atoms with Crippen LogP contribution in [-0.2, 0) is 0 Å². The van der Waals surface area contributed by atoms with Crippen LogP contribution >= 0.6 is 0 Å². The fourth-order valence-electron chi connectivity index (χ4n) is 1.94. The van der Waals surface area contributed by atoms with Gasteiger partial charge in [-0.2, -0.15) is 0 Å². The number of nitrogens with zero attached hydrogens (tertiary/aromatic N) is 3. The zero-order valence-corrected chi connectivity index (χ0v) is 12.8. The van der Waals surface area contributed by atoms with Crippen LogP contribution in [0.2, 0.25) is 0 Å². The molecule has 1 aromatic carbocycles. The number of methoxy groups -OCH3 is 1. The number of carbonyl (C=O) groups excluding carboxylic acids is 1. The van der Waals surface area contributed by atoms with E-state index >= 15 is 0 Å². The predicted molar refractivity (Wildman–Crippen MR) is 87.3 cm³/mol. The maximum atomic E-state index is 12.0. The first-order valence-corrected chi connectivity index (χ1v) is 7.10. The molecule has 24 heavy (non-hydrogen) atoms. The molecule has 7 heteroatoms. The van der Waals surface area contributed by atoms with Gasteiger partial charge in [0.1, 0.15) is 5.69 Å². The summed E-state index contributed by atoms with van der Waals surface area (Å²) >= 11 is 0. The summed E-state index contributed by atoms with van der Waals surface area (Å²) in [5.41, 5.74) is 0.755. The number of ether oxygens (including phenoxy) is 2. The van der Waals surface area contributed by atoms with E-state index in [1.807, 2.05) is 12.1 Å². The zero-order valence-electron chi connectivity index (χ0n) is 12.8. The van der Waals surface area contributed by atoms with E-state index < -0.39 is 0 Å². The number of pyridine rings is 1. The van der Waals surface area contributed by atoms with Crippen molar-refractivity contribution in [3.8, 4) is 17.4 Å². The van der Waals surface area contributed by atoms with Crippen molar-refractivity contribution in [3.05, 3.63) is 66.9 Å². The number of rotatable bonds is 5. The lowest BCUT2D eigenvalue weighted by Crippen LogP contribution is -2.13. The van der Waals surface area contributed by atoms with Crippen LogP contribution in [0.5, 0.6) is 17.4 Å². The van der Waals surface area contributed by atoms with Gasteiger partial charge >= 0.3 is 0 Å². The average Bonchev–Trinajstić information content (AvgIpc) is 2.64. The minimum Gasteiger partial charge on any atom is -0.493 e. The molecule has 0 spiro atoms. The molecular weight excluding hydrogens is 308 g/mol. The largest absolute Gasteiger partial charge is 0.493 e. The number of aromatic nitrogens is 3. The van der Waals surface area contributed by atoms with E-state index in [4.69, 9.17) is 9.47 Å². The molecule has 3 rings (SSSR count). The maximum absolute atomic E-state index is 12.0. The summed E-state index contributed by atoms with van der Waals surface area (Å²) in [7, 11) is 1.57. The third-order valence-electron chi connectivity index (χ3n) is 3.07. The molecule has 2 heterocycles. The fraction of sp³-hybridized carbons (Fsp3) is 0.0588. The van der Waals surface area contributed by atoms with Crippen molar-refractivity contribution < 1.29 is 14.3 Å². The number of benzene rings is 1. The quantitative estimate of drug-likeness (QED) is 0.777. The monoisotopic (exact) mass is 322 g/mol. The Morgan fingerprint density at radius 1 is 1.00 bits per heavy atom. The lowest BCUT2D eigenvalue weighted by Gasteiger charge is -2.09. The van der Waals surface area contributed by atoms with E-state index in [0.29, 0.717) is 23.1 Å². The number of anilines is 1. The van der Waals surface area contributed by atoms with Crippen LogP contribution < -0.4 is 14.8 Å². The van der Waals surface area contributed by atoms with E-state index in [0.717, 1.165) is 0 Å². The molecule has 0 unspecified atom stereocenters. The Kier molecular flexibility index (Phi) is 4.62. The second kappa shape index (κ2) is 7.19. The second-order valence-corrected chi connectivity index (χ2v) is 4.68. The smallest absolute Gasteiger partial charge is 0.275 e. The molecule has 7 nitrogen and oxygen atoms in total. The number of para-hydroxylation sites is 2.